The molecule has 0 fully saturated rings. The average Bonchev–Trinajstić information content (AvgIpc) is 2.43. The zero-order valence-electron chi connectivity index (χ0n) is 11.8. The van der Waals surface area contributed by atoms with Gasteiger partial charge in [-0.25, -0.2) is 4.39 Å². The first-order valence-electron chi connectivity index (χ1n) is 6.62. The Labute approximate surface area is 128 Å². The highest BCUT2D eigenvalue weighted by Crippen LogP contribution is 2.23. The summed E-state index contributed by atoms with van der Waals surface area (Å²) in [6.07, 6.45) is 0. The van der Waals surface area contributed by atoms with Crippen LogP contribution >= 0.6 is 11.6 Å². The molecule has 0 saturated carbocycles. The van der Waals surface area contributed by atoms with Crippen LogP contribution in [-0.2, 0) is 0 Å². The van der Waals surface area contributed by atoms with Crippen molar-refractivity contribution >= 4 is 28.9 Å². The zero-order chi connectivity index (χ0) is 15.4. The minimum absolute atomic E-state index is 0.0653. The second-order valence-electron chi connectivity index (χ2n) is 4.66. The fraction of sp³-hybridized carbons (Fsp3) is 0.188. The largest absolute Gasteiger partial charge is 0.385 e. The van der Waals surface area contributed by atoms with Crippen LogP contribution in [0.3, 0.4) is 0 Å². The third-order valence-electron chi connectivity index (χ3n) is 2.96. The molecule has 2 N–H and O–H groups in total. The Morgan fingerprint density at radius 3 is 2.67 bits per heavy atom. The van der Waals surface area contributed by atoms with Gasteiger partial charge in [0.1, 0.15) is 5.82 Å². The molecule has 21 heavy (non-hydrogen) atoms. The van der Waals surface area contributed by atoms with Crippen LogP contribution in [-0.4, -0.2) is 12.5 Å². The summed E-state index contributed by atoms with van der Waals surface area (Å²) < 4.78 is 13.7. The van der Waals surface area contributed by atoms with E-state index in [1.165, 1.54) is 18.2 Å². The van der Waals surface area contributed by atoms with E-state index in [1.807, 2.05) is 26.0 Å². The van der Waals surface area contributed by atoms with E-state index in [1.54, 1.807) is 6.07 Å². The van der Waals surface area contributed by atoms with Crippen molar-refractivity contribution in [3.8, 4) is 0 Å². The van der Waals surface area contributed by atoms with Gasteiger partial charge in [0, 0.05) is 17.3 Å². The zero-order valence-corrected chi connectivity index (χ0v) is 12.6. The van der Waals surface area contributed by atoms with E-state index >= 15 is 0 Å². The van der Waals surface area contributed by atoms with E-state index < -0.39 is 5.82 Å². The van der Waals surface area contributed by atoms with Crippen molar-refractivity contribution in [2.75, 3.05) is 17.2 Å². The van der Waals surface area contributed by atoms with Crippen LogP contribution in [0.4, 0.5) is 15.8 Å². The first-order valence-corrected chi connectivity index (χ1v) is 7.00. The summed E-state index contributed by atoms with van der Waals surface area (Å²) in [6, 6.07) is 9.47. The predicted octanol–water partition coefficient (Wildman–Crippen LogP) is 4.47. The topological polar surface area (TPSA) is 41.1 Å². The number of amides is 1. The maximum absolute atomic E-state index is 13.7. The molecule has 1 amide bonds. The molecule has 0 aliphatic heterocycles. The van der Waals surface area contributed by atoms with Gasteiger partial charge in [-0.15, -0.1) is 0 Å². The molecule has 0 heterocycles. The molecule has 0 aliphatic rings. The van der Waals surface area contributed by atoms with Crippen LogP contribution in [0.5, 0.6) is 0 Å². The standard InChI is InChI=1S/C16H16ClFN2O/c1-3-19-14-8-10(2)4-6-12(14)16(21)20-15-9-11(17)5-7-13(15)18/h4-9,19H,3H2,1-2H3,(H,20,21). The van der Waals surface area contributed by atoms with Crippen LogP contribution in [0, 0.1) is 12.7 Å². The van der Waals surface area contributed by atoms with Crippen molar-refractivity contribution in [3.63, 3.8) is 0 Å². The molecule has 0 radical (unpaired) electrons. The van der Waals surface area contributed by atoms with Crippen LogP contribution < -0.4 is 10.6 Å². The number of carbonyl (C=O) groups is 1. The van der Waals surface area contributed by atoms with Gasteiger partial charge in [0.2, 0.25) is 0 Å². The van der Waals surface area contributed by atoms with Crippen LogP contribution in [0.2, 0.25) is 5.02 Å². The summed E-state index contributed by atoms with van der Waals surface area (Å²) in [6.45, 7) is 4.58. The molecule has 2 aromatic carbocycles. The average molecular weight is 307 g/mol. The van der Waals surface area contributed by atoms with Crippen LogP contribution in [0.1, 0.15) is 22.8 Å². The smallest absolute Gasteiger partial charge is 0.257 e. The molecular formula is C16H16ClFN2O. The summed E-state index contributed by atoms with van der Waals surface area (Å²) in [5.41, 5.74) is 2.28. The molecule has 0 unspecified atom stereocenters. The van der Waals surface area contributed by atoms with Crippen molar-refractivity contribution in [1.82, 2.24) is 0 Å². The van der Waals surface area contributed by atoms with Gasteiger partial charge in [-0.1, -0.05) is 17.7 Å². The molecular weight excluding hydrogens is 291 g/mol. The van der Waals surface area contributed by atoms with Crippen molar-refractivity contribution in [2.45, 2.75) is 13.8 Å². The lowest BCUT2D eigenvalue weighted by atomic mass is 10.1. The number of nitrogens with one attached hydrogen (secondary N) is 2. The summed E-state index contributed by atoms with van der Waals surface area (Å²) in [5.74, 6) is -0.906. The molecule has 110 valence electrons. The molecule has 0 spiro atoms. The Hall–Kier alpha value is -2.07. The molecule has 2 aromatic rings. The molecule has 0 bridgehead atoms. The van der Waals surface area contributed by atoms with E-state index in [9.17, 15) is 9.18 Å². The highest BCUT2D eigenvalue weighted by Gasteiger charge is 2.13. The fourth-order valence-electron chi connectivity index (χ4n) is 1.98. The summed E-state index contributed by atoms with van der Waals surface area (Å²) in [4.78, 5) is 12.3. The number of carbonyl (C=O) groups excluding carboxylic acids is 1. The Bertz CT molecular complexity index is 673. The van der Waals surface area contributed by atoms with Gasteiger partial charge in [0.05, 0.1) is 11.3 Å². The monoisotopic (exact) mass is 306 g/mol. The number of rotatable bonds is 4. The molecule has 0 saturated heterocycles. The highest BCUT2D eigenvalue weighted by atomic mass is 35.5. The summed E-state index contributed by atoms with van der Waals surface area (Å²) >= 11 is 5.82. The number of anilines is 2. The van der Waals surface area contributed by atoms with E-state index in [0.717, 1.165) is 11.3 Å². The summed E-state index contributed by atoms with van der Waals surface area (Å²) in [5, 5.41) is 6.04. The Balaban J connectivity index is 2.30. The molecule has 0 aromatic heterocycles. The van der Waals surface area contributed by atoms with Gasteiger partial charge >= 0.3 is 0 Å². The Morgan fingerprint density at radius 2 is 1.95 bits per heavy atom. The van der Waals surface area contributed by atoms with Gasteiger partial charge in [0.25, 0.3) is 5.91 Å². The molecule has 3 nitrogen and oxygen atoms in total. The number of benzene rings is 2. The van der Waals surface area contributed by atoms with E-state index in [-0.39, 0.29) is 11.6 Å². The SMILES string of the molecule is CCNc1cc(C)ccc1C(=O)Nc1cc(Cl)ccc1F. The number of halogens is 2. The fourth-order valence-corrected chi connectivity index (χ4v) is 2.15. The number of hydrogen-bond donors (Lipinski definition) is 2. The first kappa shape index (κ1) is 15.3. The Morgan fingerprint density at radius 1 is 1.19 bits per heavy atom. The summed E-state index contributed by atoms with van der Waals surface area (Å²) in [7, 11) is 0. The van der Waals surface area contributed by atoms with Gasteiger partial charge in [-0.05, 0) is 49.7 Å². The lowest BCUT2D eigenvalue weighted by Crippen LogP contribution is -2.15. The normalized spacial score (nSPS) is 10.3. The van der Waals surface area contributed by atoms with Crippen LogP contribution in [0.15, 0.2) is 36.4 Å². The lowest BCUT2D eigenvalue weighted by Gasteiger charge is -2.12. The third-order valence-corrected chi connectivity index (χ3v) is 3.20. The first-order chi connectivity index (χ1) is 10.0. The van der Waals surface area contributed by atoms with Crippen LogP contribution in [0.25, 0.3) is 0 Å². The minimum atomic E-state index is -0.523. The predicted molar refractivity (Wildman–Crippen MR) is 84.7 cm³/mol. The van der Waals surface area contributed by atoms with E-state index in [2.05, 4.69) is 10.6 Å². The van der Waals surface area contributed by atoms with Crippen molar-refractivity contribution in [3.05, 3.63) is 58.4 Å². The Kier molecular flexibility index (Phi) is 4.81. The lowest BCUT2D eigenvalue weighted by molar-refractivity contribution is 0.102. The molecule has 0 atom stereocenters. The number of hydrogen-bond acceptors (Lipinski definition) is 2. The second-order valence-corrected chi connectivity index (χ2v) is 5.09. The quantitative estimate of drug-likeness (QED) is 0.875. The van der Waals surface area contributed by atoms with Crippen molar-refractivity contribution in [2.24, 2.45) is 0 Å². The second kappa shape index (κ2) is 6.59. The van der Waals surface area contributed by atoms with E-state index in [0.29, 0.717) is 17.1 Å². The van der Waals surface area contributed by atoms with Gasteiger partial charge < -0.3 is 10.6 Å². The van der Waals surface area contributed by atoms with Crippen molar-refractivity contribution in [1.29, 1.82) is 0 Å². The van der Waals surface area contributed by atoms with Gasteiger partial charge in [-0.3, -0.25) is 4.79 Å². The van der Waals surface area contributed by atoms with Crippen molar-refractivity contribution < 1.29 is 9.18 Å². The maximum Gasteiger partial charge on any atom is 0.257 e. The van der Waals surface area contributed by atoms with E-state index in [4.69, 9.17) is 11.6 Å². The number of aryl methyl sites for hydroxylation is 1. The minimum Gasteiger partial charge on any atom is -0.385 e. The maximum atomic E-state index is 13.7. The molecule has 5 heteroatoms. The van der Waals surface area contributed by atoms with Gasteiger partial charge in [0.15, 0.2) is 0 Å². The van der Waals surface area contributed by atoms with Gasteiger partial charge in [-0.2, -0.15) is 0 Å². The highest BCUT2D eigenvalue weighted by molar-refractivity contribution is 6.31. The molecule has 0 aliphatic carbocycles. The molecule has 2 rings (SSSR count). The third kappa shape index (κ3) is 3.73.